The molecule has 3 N–H and O–H groups in total. The largest absolute Gasteiger partial charge is 0.496 e. The number of rotatable bonds is 8. The molecule has 1 amide bonds. The predicted octanol–water partition coefficient (Wildman–Crippen LogP) is 5.77. The van der Waals surface area contributed by atoms with Gasteiger partial charge >= 0.3 is 0 Å². The molecule has 0 saturated carbocycles. The number of benzene rings is 3. The third kappa shape index (κ3) is 6.10. The molecule has 0 saturated heterocycles. The van der Waals surface area contributed by atoms with Gasteiger partial charge in [0, 0.05) is 34.4 Å². The summed E-state index contributed by atoms with van der Waals surface area (Å²) in [6.45, 7) is 3.98. The zero-order chi connectivity index (χ0) is 23.9. The SMILES string of the molecule is COc1ccccc1CC(=O)Nc1ccc(Nc2nc(C)cc(Nc3ccc(C)cc3)n2)cc1. The van der Waals surface area contributed by atoms with Crippen LogP contribution < -0.4 is 20.7 Å². The van der Waals surface area contributed by atoms with Crippen LogP contribution in [0.5, 0.6) is 5.75 Å². The summed E-state index contributed by atoms with van der Waals surface area (Å²) < 4.78 is 5.32. The first-order valence-corrected chi connectivity index (χ1v) is 11.0. The number of methoxy groups -OCH3 is 1. The predicted molar refractivity (Wildman–Crippen MR) is 136 cm³/mol. The van der Waals surface area contributed by atoms with Crippen molar-refractivity contribution in [2.24, 2.45) is 0 Å². The number of nitrogens with zero attached hydrogens (tertiary/aromatic N) is 2. The van der Waals surface area contributed by atoms with Crippen LogP contribution >= 0.6 is 0 Å². The maximum atomic E-state index is 12.5. The Morgan fingerprint density at radius 1 is 0.824 bits per heavy atom. The van der Waals surface area contributed by atoms with Gasteiger partial charge in [-0.15, -0.1) is 0 Å². The van der Waals surface area contributed by atoms with E-state index in [-0.39, 0.29) is 12.3 Å². The minimum atomic E-state index is -0.112. The molecule has 172 valence electrons. The fraction of sp³-hybridized carbons (Fsp3) is 0.148. The van der Waals surface area contributed by atoms with Gasteiger partial charge < -0.3 is 20.7 Å². The van der Waals surface area contributed by atoms with Crippen molar-refractivity contribution in [1.29, 1.82) is 0 Å². The zero-order valence-electron chi connectivity index (χ0n) is 19.4. The van der Waals surface area contributed by atoms with E-state index in [1.807, 2.05) is 85.8 Å². The van der Waals surface area contributed by atoms with Gasteiger partial charge in [0.2, 0.25) is 11.9 Å². The molecule has 0 fully saturated rings. The highest BCUT2D eigenvalue weighted by molar-refractivity contribution is 5.92. The Hall–Kier alpha value is -4.39. The number of hydrogen-bond acceptors (Lipinski definition) is 6. The quantitative estimate of drug-likeness (QED) is 0.314. The molecule has 1 heterocycles. The summed E-state index contributed by atoms with van der Waals surface area (Å²) in [5, 5.41) is 9.45. The number of nitrogens with one attached hydrogen (secondary N) is 3. The summed E-state index contributed by atoms with van der Waals surface area (Å²) in [5.74, 6) is 1.78. The molecule has 3 aromatic carbocycles. The Labute approximate surface area is 199 Å². The molecule has 0 aliphatic carbocycles. The highest BCUT2D eigenvalue weighted by Crippen LogP contribution is 2.22. The molecule has 4 aromatic rings. The van der Waals surface area contributed by atoms with E-state index in [0.717, 1.165) is 22.6 Å². The van der Waals surface area contributed by atoms with Crippen molar-refractivity contribution in [3.63, 3.8) is 0 Å². The summed E-state index contributed by atoms with van der Waals surface area (Å²) in [6, 6.07) is 24.9. The topological polar surface area (TPSA) is 88.2 Å². The molecule has 7 nitrogen and oxygen atoms in total. The van der Waals surface area contributed by atoms with E-state index in [1.54, 1.807) is 7.11 Å². The van der Waals surface area contributed by atoms with E-state index in [1.165, 1.54) is 5.56 Å². The summed E-state index contributed by atoms with van der Waals surface area (Å²) in [4.78, 5) is 21.5. The van der Waals surface area contributed by atoms with Gasteiger partial charge in [-0.1, -0.05) is 35.9 Å². The van der Waals surface area contributed by atoms with Crippen molar-refractivity contribution < 1.29 is 9.53 Å². The van der Waals surface area contributed by atoms with Crippen LogP contribution in [-0.2, 0) is 11.2 Å². The Morgan fingerprint density at radius 2 is 1.47 bits per heavy atom. The van der Waals surface area contributed by atoms with Crippen LogP contribution in [0.15, 0.2) is 78.9 Å². The summed E-state index contributed by atoms with van der Waals surface area (Å²) in [6.07, 6.45) is 0.234. The highest BCUT2D eigenvalue weighted by atomic mass is 16.5. The molecule has 0 atom stereocenters. The normalized spacial score (nSPS) is 10.4. The van der Waals surface area contributed by atoms with E-state index >= 15 is 0 Å². The molecule has 0 bridgehead atoms. The number of hydrogen-bond donors (Lipinski definition) is 3. The second-order valence-corrected chi connectivity index (χ2v) is 7.95. The number of para-hydroxylation sites is 1. The third-order valence-electron chi connectivity index (χ3n) is 5.15. The number of carbonyl (C=O) groups is 1. The van der Waals surface area contributed by atoms with Crippen molar-refractivity contribution in [3.05, 3.63) is 95.7 Å². The zero-order valence-corrected chi connectivity index (χ0v) is 19.4. The van der Waals surface area contributed by atoms with Gasteiger partial charge in [0.25, 0.3) is 0 Å². The van der Waals surface area contributed by atoms with E-state index < -0.39 is 0 Å². The summed E-state index contributed by atoms with van der Waals surface area (Å²) in [5.41, 5.74) is 5.36. The molecule has 0 unspecified atom stereocenters. The van der Waals surface area contributed by atoms with Crippen molar-refractivity contribution >= 4 is 34.7 Å². The molecule has 34 heavy (non-hydrogen) atoms. The second kappa shape index (κ2) is 10.5. The Kier molecular flexibility index (Phi) is 7.03. The maximum Gasteiger partial charge on any atom is 0.229 e. The van der Waals surface area contributed by atoms with Crippen LogP contribution in [0.3, 0.4) is 0 Å². The lowest BCUT2D eigenvalue weighted by Crippen LogP contribution is -2.14. The molecular formula is C27H27N5O2. The lowest BCUT2D eigenvalue weighted by Gasteiger charge is -2.11. The van der Waals surface area contributed by atoms with Crippen LogP contribution in [0, 0.1) is 13.8 Å². The Bertz CT molecular complexity index is 1270. The number of anilines is 5. The monoisotopic (exact) mass is 453 g/mol. The van der Waals surface area contributed by atoms with Gasteiger partial charge in [-0.3, -0.25) is 4.79 Å². The van der Waals surface area contributed by atoms with Gasteiger partial charge in [0.05, 0.1) is 13.5 Å². The number of aryl methyl sites for hydroxylation is 2. The Balaban J connectivity index is 1.39. The van der Waals surface area contributed by atoms with Crippen LogP contribution in [0.25, 0.3) is 0 Å². The number of carbonyl (C=O) groups excluding carboxylic acids is 1. The molecule has 4 rings (SSSR count). The van der Waals surface area contributed by atoms with E-state index in [9.17, 15) is 4.79 Å². The average molecular weight is 454 g/mol. The third-order valence-corrected chi connectivity index (χ3v) is 5.15. The van der Waals surface area contributed by atoms with Gasteiger partial charge in [-0.05, 0) is 56.3 Å². The Morgan fingerprint density at radius 3 is 2.21 bits per heavy atom. The van der Waals surface area contributed by atoms with Crippen molar-refractivity contribution in [2.45, 2.75) is 20.3 Å². The van der Waals surface area contributed by atoms with Crippen molar-refractivity contribution in [2.75, 3.05) is 23.1 Å². The van der Waals surface area contributed by atoms with Gasteiger partial charge in [-0.25, -0.2) is 4.98 Å². The lowest BCUT2D eigenvalue weighted by atomic mass is 10.1. The fourth-order valence-electron chi connectivity index (χ4n) is 3.47. The number of ether oxygens (including phenoxy) is 1. The van der Waals surface area contributed by atoms with Gasteiger partial charge in [0.1, 0.15) is 11.6 Å². The van der Waals surface area contributed by atoms with Crippen molar-refractivity contribution in [3.8, 4) is 5.75 Å². The molecule has 0 spiro atoms. The number of aromatic nitrogens is 2. The summed E-state index contributed by atoms with van der Waals surface area (Å²) in [7, 11) is 1.60. The van der Waals surface area contributed by atoms with Crippen LogP contribution in [-0.4, -0.2) is 23.0 Å². The lowest BCUT2D eigenvalue weighted by molar-refractivity contribution is -0.115. The first-order valence-electron chi connectivity index (χ1n) is 11.0. The second-order valence-electron chi connectivity index (χ2n) is 7.95. The standard InChI is InChI=1S/C27H27N5O2/c1-18-8-10-21(11-9-18)29-25-16-19(2)28-27(32-25)31-23-14-12-22(13-15-23)30-26(33)17-20-6-4-5-7-24(20)34-3/h4-16H,17H2,1-3H3,(H,30,33)(H2,28,29,31,32). The van der Waals surface area contributed by atoms with E-state index in [0.29, 0.717) is 23.2 Å². The molecule has 0 radical (unpaired) electrons. The van der Waals surface area contributed by atoms with E-state index in [4.69, 9.17) is 4.74 Å². The maximum absolute atomic E-state index is 12.5. The van der Waals surface area contributed by atoms with Gasteiger partial charge in [0.15, 0.2) is 0 Å². The highest BCUT2D eigenvalue weighted by Gasteiger charge is 2.09. The summed E-state index contributed by atoms with van der Waals surface area (Å²) >= 11 is 0. The first-order chi connectivity index (χ1) is 16.5. The van der Waals surface area contributed by atoms with Crippen LogP contribution in [0.4, 0.5) is 28.8 Å². The smallest absolute Gasteiger partial charge is 0.229 e. The van der Waals surface area contributed by atoms with Crippen LogP contribution in [0.1, 0.15) is 16.8 Å². The first kappa shape index (κ1) is 22.8. The van der Waals surface area contributed by atoms with Crippen molar-refractivity contribution in [1.82, 2.24) is 9.97 Å². The average Bonchev–Trinajstić information content (AvgIpc) is 2.82. The molecular weight excluding hydrogens is 426 g/mol. The number of amides is 1. The molecule has 0 aliphatic heterocycles. The molecule has 7 heteroatoms. The van der Waals surface area contributed by atoms with Crippen LogP contribution in [0.2, 0.25) is 0 Å². The fourth-order valence-corrected chi connectivity index (χ4v) is 3.47. The van der Waals surface area contributed by atoms with Gasteiger partial charge in [-0.2, -0.15) is 4.98 Å². The van der Waals surface area contributed by atoms with E-state index in [2.05, 4.69) is 32.8 Å². The molecule has 0 aliphatic rings. The molecule has 1 aromatic heterocycles. The minimum Gasteiger partial charge on any atom is -0.496 e. The minimum absolute atomic E-state index is 0.112.